The Hall–Kier alpha value is -3.41. The van der Waals surface area contributed by atoms with Gasteiger partial charge in [-0.15, -0.1) is 5.53 Å². The highest BCUT2D eigenvalue weighted by Gasteiger charge is 2.26. The van der Waals surface area contributed by atoms with Crippen LogP contribution in [0.5, 0.6) is 0 Å². The van der Waals surface area contributed by atoms with Crippen molar-refractivity contribution in [2.24, 2.45) is 0 Å². The second-order valence-corrected chi connectivity index (χ2v) is 9.70. The van der Waals surface area contributed by atoms with E-state index in [2.05, 4.69) is 56.2 Å². The molecule has 0 saturated heterocycles. The maximum atomic E-state index is 14.8. The molecule has 1 aromatic carbocycles. The van der Waals surface area contributed by atoms with E-state index in [4.69, 9.17) is 4.98 Å². The van der Waals surface area contributed by atoms with Crippen LogP contribution in [0.3, 0.4) is 0 Å². The minimum Gasteiger partial charge on any atom is -0.309 e. The number of nitrogens with zero attached hydrogens (tertiary/aromatic N) is 6. The number of anilines is 4. The molecule has 0 atom stereocenters. The first-order valence-corrected chi connectivity index (χ1v) is 12.1. The van der Waals surface area contributed by atoms with E-state index in [1.807, 2.05) is 19.9 Å². The Kier molecular flexibility index (Phi) is 6.69. The molecule has 0 amide bonds. The summed E-state index contributed by atoms with van der Waals surface area (Å²) in [7, 11) is 4.16. The minimum atomic E-state index is -0.633. The summed E-state index contributed by atoms with van der Waals surface area (Å²) in [5.74, 6) is -0.347. The Morgan fingerprint density at radius 3 is 2.75 bits per heavy atom. The van der Waals surface area contributed by atoms with Gasteiger partial charge in [0.15, 0.2) is 11.6 Å². The fourth-order valence-corrected chi connectivity index (χ4v) is 4.45. The zero-order valence-electron chi connectivity index (χ0n) is 20.9. The lowest BCUT2D eigenvalue weighted by Gasteiger charge is -2.29. The lowest BCUT2D eigenvalue weighted by atomic mass is 10.1. The average Bonchev–Trinajstić information content (AvgIpc) is 3.29. The van der Waals surface area contributed by atoms with Crippen molar-refractivity contribution in [3.8, 4) is 11.3 Å². The van der Waals surface area contributed by atoms with Crippen molar-refractivity contribution in [3.63, 3.8) is 0 Å². The van der Waals surface area contributed by atoms with Crippen LogP contribution in [0.15, 0.2) is 30.5 Å². The molecular weight excluding hydrogens is 464 g/mol. The van der Waals surface area contributed by atoms with Crippen LogP contribution in [0.1, 0.15) is 25.1 Å². The third-order valence-corrected chi connectivity index (χ3v) is 6.39. The summed E-state index contributed by atoms with van der Waals surface area (Å²) in [6.45, 7) is 7.79. The second-order valence-electron chi connectivity index (χ2n) is 9.70. The first-order chi connectivity index (χ1) is 17.3. The van der Waals surface area contributed by atoms with Crippen LogP contribution < -0.4 is 21.3 Å². The van der Waals surface area contributed by atoms with Gasteiger partial charge in [0.1, 0.15) is 17.2 Å². The van der Waals surface area contributed by atoms with Gasteiger partial charge in [0.25, 0.3) is 0 Å². The number of rotatable bonds is 7. The summed E-state index contributed by atoms with van der Waals surface area (Å²) in [6, 6.07) is 6.97. The van der Waals surface area contributed by atoms with Gasteiger partial charge in [0.05, 0.1) is 11.9 Å². The first kappa shape index (κ1) is 24.3. The van der Waals surface area contributed by atoms with E-state index in [1.165, 1.54) is 11.6 Å². The molecule has 0 aliphatic carbocycles. The van der Waals surface area contributed by atoms with Gasteiger partial charge in [0, 0.05) is 49.9 Å². The quantitative estimate of drug-likeness (QED) is 0.456. The highest BCUT2D eigenvalue weighted by Crippen LogP contribution is 2.37. The van der Waals surface area contributed by atoms with E-state index < -0.39 is 11.6 Å². The van der Waals surface area contributed by atoms with Crippen molar-refractivity contribution in [2.75, 3.05) is 49.5 Å². The molecule has 0 fully saturated rings. The largest absolute Gasteiger partial charge is 0.309 e. The fraction of sp³-hybridized carbons (Fsp3) is 0.400. The number of hydrogen-bond acceptors (Lipinski definition) is 9. The van der Waals surface area contributed by atoms with Crippen molar-refractivity contribution < 1.29 is 8.78 Å². The molecule has 2 aliphatic heterocycles. The van der Waals surface area contributed by atoms with Crippen molar-refractivity contribution >= 4 is 23.1 Å². The highest BCUT2D eigenvalue weighted by atomic mass is 19.1. The van der Waals surface area contributed by atoms with Crippen LogP contribution in [0.25, 0.3) is 11.3 Å². The Bertz CT molecular complexity index is 1260. The number of halogens is 2. The number of benzene rings is 1. The Morgan fingerprint density at radius 1 is 1.14 bits per heavy atom. The molecule has 0 radical (unpaired) electrons. The summed E-state index contributed by atoms with van der Waals surface area (Å²) in [5, 5.41) is 4.86. The minimum absolute atomic E-state index is 0.0132. The molecule has 11 heteroatoms. The van der Waals surface area contributed by atoms with Crippen LogP contribution >= 0.6 is 0 Å². The van der Waals surface area contributed by atoms with Gasteiger partial charge in [-0.05, 0) is 51.7 Å². The van der Waals surface area contributed by atoms with Gasteiger partial charge in [0.2, 0.25) is 5.95 Å². The predicted octanol–water partition coefficient (Wildman–Crippen LogP) is 3.54. The summed E-state index contributed by atoms with van der Waals surface area (Å²) in [6.07, 6.45) is 1.95. The van der Waals surface area contributed by atoms with Gasteiger partial charge in [-0.25, -0.2) is 23.7 Å². The zero-order chi connectivity index (χ0) is 25.4. The second kappa shape index (κ2) is 9.92. The van der Waals surface area contributed by atoms with Crippen molar-refractivity contribution in [2.45, 2.75) is 32.9 Å². The summed E-state index contributed by atoms with van der Waals surface area (Å²) in [5.41, 5.74) is 9.24. The smallest absolute Gasteiger partial charge is 0.229 e. The monoisotopic (exact) mass is 495 g/mol. The molecule has 0 bridgehead atoms. The van der Waals surface area contributed by atoms with Crippen LogP contribution in [-0.2, 0) is 13.0 Å². The number of hydrazine groups is 2. The maximum absolute atomic E-state index is 14.8. The highest BCUT2D eigenvalue weighted by molar-refractivity contribution is 5.80. The molecule has 4 heterocycles. The number of hydrogen-bond donors (Lipinski definition) is 3. The van der Waals surface area contributed by atoms with Gasteiger partial charge in [-0.3, -0.25) is 15.3 Å². The molecule has 2 aliphatic rings. The van der Waals surface area contributed by atoms with Crippen LogP contribution in [0.2, 0.25) is 0 Å². The molecule has 190 valence electrons. The SMILES string of the molecule is CC(C)N1NNc2c(F)cc(-c3nc(Nc4ccc5c(n4)CCN(CCN(C)C)C5)ncc3F)cc21. The maximum Gasteiger partial charge on any atom is 0.229 e. The van der Waals surface area contributed by atoms with Crippen molar-refractivity contribution in [1.82, 2.24) is 30.3 Å². The number of fused-ring (bicyclic) bond motifs is 2. The van der Waals surface area contributed by atoms with Crippen LogP contribution in [0, 0.1) is 11.6 Å². The number of aromatic nitrogens is 3. The third-order valence-electron chi connectivity index (χ3n) is 6.39. The van der Waals surface area contributed by atoms with E-state index in [9.17, 15) is 8.78 Å². The summed E-state index contributed by atoms with van der Waals surface area (Å²) < 4.78 is 29.6. The Labute approximate surface area is 209 Å². The van der Waals surface area contributed by atoms with Gasteiger partial charge < -0.3 is 10.2 Å². The average molecular weight is 496 g/mol. The van der Waals surface area contributed by atoms with Gasteiger partial charge >= 0.3 is 0 Å². The molecule has 2 aromatic heterocycles. The molecule has 5 rings (SSSR count). The van der Waals surface area contributed by atoms with Crippen molar-refractivity contribution in [3.05, 3.63) is 53.4 Å². The predicted molar refractivity (Wildman–Crippen MR) is 137 cm³/mol. The fourth-order valence-electron chi connectivity index (χ4n) is 4.45. The van der Waals surface area contributed by atoms with Gasteiger partial charge in [-0.2, -0.15) is 0 Å². The van der Waals surface area contributed by atoms with E-state index in [0.29, 0.717) is 22.8 Å². The molecule has 0 saturated carbocycles. The van der Waals surface area contributed by atoms with Crippen LogP contribution in [0.4, 0.5) is 31.9 Å². The molecule has 36 heavy (non-hydrogen) atoms. The third kappa shape index (κ3) is 4.95. The molecule has 9 nitrogen and oxygen atoms in total. The lowest BCUT2D eigenvalue weighted by Crippen LogP contribution is -2.41. The Balaban J connectivity index is 1.37. The van der Waals surface area contributed by atoms with E-state index in [0.717, 1.165) is 44.5 Å². The van der Waals surface area contributed by atoms with E-state index in [-0.39, 0.29) is 17.7 Å². The number of pyridine rings is 1. The lowest BCUT2D eigenvalue weighted by molar-refractivity contribution is 0.224. The van der Waals surface area contributed by atoms with Gasteiger partial charge in [-0.1, -0.05) is 6.07 Å². The molecule has 3 N–H and O–H groups in total. The first-order valence-electron chi connectivity index (χ1n) is 12.1. The van der Waals surface area contributed by atoms with E-state index in [1.54, 1.807) is 11.1 Å². The topological polar surface area (TPSA) is 84.5 Å². The summed E-state index contributed by atoms with van der Waals surface area (Å²) >= 11 is 0. The molecular formula is C25H31F2N9. The normalized spacial score (nSPS) is 15.3. The standard InChI is InChI=1S/C25H31F2N9/c1-15(2)36-21-12-17(11-18(26)24(21)32-33-36)23-19(27)13-28-25(31-23)30-22-6-5-16-14-35(10-9-34(3)4)8-7-20(16)29-22/h5-6,11-13,15,32-33H,7-10,14H2,1-4H3,(H,28,29,30,31). The van der Waals surface area contributed by atoms with Crippen LogP contribution in [-0.4, -0.2) is 64.5 Å². The van der Waals surface area contributed by atoms with E-state index >= 15 is 0 Å². The zero-order valence-corrected chi connectivity index (χ0v) is 20.9. The number of likely N-dealkylation sites (N-methyl/N-ethyl adjacent to an activating group) is 1. The summed E-state index contributed by atoms with van der Waals surface area (Å²) in [4.78, 5) is 17.8. The molecule has 0 spiro atoms. The molecule has 3 aromatic rings. The van der Waals surface area contributed by atoms with Crippen molar-refractivity contribution in [1.29, 1.82) is 0 Å². The molecule has 0 unspecified atom stereocenters. The Morgan fingerprint density at radius 2 is 1.97 bits per heavy atom. The number of nitrogens with one attached hydrogen (secondary N) is 3.